The molecule has 2 aromatic rings. The first-order valence-corrected chi connectivity index (χ1v) is 7.48. The van der Waals surface area contributed by atoms with Crippen molar-refractivity contribution in [2.24, 2.45) is 0 Å². The van der Waals surface area contributed by atoms with Crippen molar-refractivity contribution >= 4 is 0 Å². The van der Waals surface area contributed by atoms with E-state index >= 15 is 0 Å². The van der Waals surface area contributed by atoms with E-state index in [1.54, 1.807) is 6.07 Å². The van der Waals surface area contributed by atoms with Crippen molar-refractivity contribution in [1.82, 2.24) is 24.6 Å². The van der Waals surface area contributed by atoms with Crippen molar-refractivity contribution in [1.29, 1.82) is 0 Å². The number of hydrogen-bond donors (Lipinski definition) is 1. The molecule has 3 heterocycles. The first-order valence-electron chi connectivity index (χ1n) is 7.48. The minimum Gasteiger partial charge on any atom is -0.311 e. The molecule has 6 heteroatoms. The summed E-state index contributed by atoms with van der Waals surface area (Å²) in [6.07, 6.45) is 5.94. The molecule has 1 aliphatic heterocycles. The number of hydrogen-bond acceptors (Lipinski definition) is 4. The van der Waals surface area contributed by atoms with Gasteiger partial charge in [0, 0.05) is 30.9 Å². The normalized spacial score (nSPS) is 17.2. The number of H-pyrrole nitrogens is 1. The topological polar surface area (TPSA) is 66.8 Å². The van der Waals surface area contributed by atoms with Crippen LogP contribution in [0.5, 0.6) is 0 Å². The van der Waals surface area contributed by atoms with Crippen LogP contribution in [0.3, 0.4) is 0 Å². The summed E-state index contributed by atoms with van der Waals surface area (Å²) in [7, 11) is 0. The van der Waals surface area contributed by atoms with Crippen LogP contribution in [0.4, 0.5) is 0 Å². The Morgan fingerprint density at radius 1 is 1.33 bits per heavy atom. The monoisotopic (exact) mass is 287 g/mol. The van der Waals surface area contributed by atoms with E-state index in [0.717, 1.165) is 44.7 Å². The maximum Gasteiger partial charge on any atom is 0.251 e. The second-order valence-corrected chi connectivity index (χ2v) is 5.64. The van der Waals surface area contributed by atoms with E-state index in [0.29, 0.717) is 11.7 Å². The van der Waals surface area contributed by atoms with Gasteiger partial charge < -0.3 is 9.88 Å². The van der Waals surface area contributed by atoms with Crippen molar-refractivity contribution in [2.75, 3.05) is 19.6 Å². The molecule has 0 atom stereocenters. The maximum atomic E-state index is 11.5. The van der Waals surface area contributed by atoms with Gasteiger partial charge in [-0.15, -0.1) is 0 Å². The third kappa shape index (κ3) is 3.58. The Kier molecular flexibility index (Phi) is 4.15. The molecule has 0 aromatic carbocycles. The minimum atomic E-state index is -0.0430. The first kappa shape index (κ1) is 14.0. The van der Waals surface area contributed by atoms with Crippen molar-refractivity contribution in [3.63, 3.8) is 0 Å². The Morgan fingerprint density at radius 3 is 2.81 bits per heavy atom. The molecule has 0 amide bonds. The molecule has 0 spiro atoms. The summed E-state index contributed by atoms with van der Waals surface area (Å²) in [6, 6.07) is 3.60. The zero-order valence-electron chi connectivity index (χ0n) is 12.3. The molecule has 0 unspecified atom stereocenters. The van der Waals surface area contributed by atoms with E-state index in [2.05, 4.69) is 20.0 Å². The highest BCUT2D eigenvalue weighted by Gasteiger charge is 2.21. The lowest BCUT2D eigenvalue weighted by Gasteiger charge is -2.31. The fourth-order valence-corrected chi connectivity index (χ4v) is 2.94. The Labute approximate surface area is 123 Å². The summed E-state index contributed by atoms with van der Waals surface area (Å²) in [5.74, 6) is 1.12. The molecular weight excluding hydrogens is 266 g/mol. The molecule has 0 aliphatic carbocycles. The van der Waals surface area contributed by atoms with E-state index in [4.69, 9.17) is 0 Å². The van der Waals surface area contributed by atoms with E-state index in [-0.39, 0.29) is 5.56 Å². The minimum absolute atomic E-state index is 0.0430. The second kappa shape index (κ2) is 6.22. The SMILES string of the molecule is Cc1nc(C2CCN(CCn3cccn3)CC2)cc(=O)[nH]1. The van der Waals surface area contributed by atoms with E-state index in [1.165, 1.54) is 0 Å². The molecule has 1 fully saturated rings. The Morgan fingerprint density at radius 2 is 2.14 bits per heavy atom. The van der Waals surface area contributed by atoms with Crippen molar-refractivity contribution in [3.05, 3.63) is 46.4 Å². The van der Waals surface area contributed by atoms with Crippen LogP contribution in [0.15, 0.2) is 29.3 Å². The zero-order chi connectivity index (χ0) is 14.7. The Balaban J connectivity index is 1.53. The van der Waals surface area contributed by atoms with Crippen molar-refractivity contribution < 1.29 is 0 Å². The van der Waals surface area contributed by atoms with Crippen LogP contribution in [0, 0.1) is 6.92 Å². The van der Waals surface area contributed by atoms with Gasteiger partial charge in [-0.25, -0.2) is 4.98 Å². The molecule has 1 N–H and O–H groups in total. The van der Waals surface area contributed by atoms with Gasteiger partial charge >= 0.3 is 0 Å². The number of likely N-dealkylation sites (tertiary alicyclic amines) is 1. The fourth-order valence-electron chi connectivity index (χ4n) is 2.94. The molecule has 2 aromatic heterocycles. The number of rotatable bonds is 4. The number of aryl methyl sites for hydroxylation is 1. The van der Waals surface area contributed by atoms with Crippen LogP contribution in [0.25, 0.3) is 0 Å². The Bertz CT molecular complexity index is 626. The van der Waals surface area contributed by atoms with E-state index < -0.39 is 0 Å². The number of nitrogens with one attached hydrogen (secondary N) is 1. The average Bonchev–Trinajstić information content (AvgIpc) is 2.98. The summed E-state index contributed by atoms with van der Waals surface area (Å²) in [4.78, 5) is 21.2. The maximum absolute atomic E-state index is 11.5. The molecule has 0 radical (unpaired) electrons. The third-order valence-electron chi connectivity index (χ3n) is 4.09. The number of aromatic amines is 1. The number of nitrogens with zero attached hydrogens (tertiary/aromatic N) is 4. The smallest absolute Gasteiger partial charge is 0.251 e. The molecule has 1 saturated heterocycles. The van der Waals surface area contributed by atoms with Crippen LogP contribution in [0.2, 0.25) is 0 Å². The highest BCUT2D eigenvalue weighted by Crippen LogP contribution is 2.25. The summed E-state index contributed by atoms with van der Waals surface area (Å²) >= 11 is 0. The zero-order valence-corrected chi connectivity index (χ0v) is 12.3. The summed E-state index contributed by atoms with van der Waals surface area (Å²) < 4.78 is 1.97. The predicted molar refractivity (Wildman–Crippen MR) is 80.2 cm³/mol. The lowest BCUT2D eigenvalue weighted by molar-refractivity contribution is 0.201. The van der Waals surface area contributed by atoms with E-state index in [9.17, 15) is 4.79 Å². The molecule has 3 rings (SSSR count). The molecule has 112 valence electrons. The molecule has 1 aliphatic rings. The lowest BCUT2D eigenvalue weighted by Crippen LogP contribution is -2.35. The van der Waals surface area contributed by atoms with Gasteiger partial charge in [-0.05, 0) is 38.9 Å². The molecule has 6 nitrogen and oxygen atoms in total. The fraction of sp³-hybridized carbons (Fsp3) is 0.533. The number of aromatic nitrogens is 4. The van der Waals surface area contributed by atoms with Gasteiger partial charge in [0.05, 0.1) is 12.2 Å². The third-order valence-corrected chi connectivity index (χ3v) is 4.09. The van der Waals surface area contributed by atoms with Gasteiger partial charge in [0.15, 0.2) is 0 Å². The molecule has 21 heavy (non-hydrogen) atoms. The lowest BCUT2D eigenvalue weighted by atomic mass is 9.93. The van der Waals surface area contributed by atoms with Crippen molar-refractivity contribution in [3.8, 4) is 0 Å². The van der Waals surface area contributed by atoms with Gasteiger partial charge in [0.25, 0.3) is 5.56 Å². The Hall–Kier alpha value is -1.95. The van der Waals surface area contributed by atoms with Crippen LogP contribution in [-0.2, 0) is 6.54 Å². The highest BCUT2D eigenvalue weighted by molar-refractivity contribution is 5.09. The van der Waals surface area contributed by atoms with Crippen LogP contribution in [-0.4, -0.2) is 44.3 Å². The van der Waals surface area contributed by atoms with Crippen LogP contribution in [0.1, 0.15) is 30.3 Å². The van der Waals surface area contributed by atoms with Gasteiger partial charge in [0.1, 0.15) is 5.82 Å². The van der Waals surface area contributed by atoms with Crippen LogP contribution < -0.4 is 5.56 Å². The quantitative estimate of drug-likeness (QED) is 0.916. The van der Waals surface area contributed by atoms with Gasteiger partial charge in [-0.3, -0.25) is 9.48 Å². The van der Waals surface area contributed by atoms with Gasteiger partial charge in [0.2, 0.25) is 0 Å². The highest BCUT2D eigenvalue weighted by atomic mass is 16.1. The summed E-state index contributed by atoms with van der Waals surface area (Å²) in [6.45, 7) is 5.90. The summed E-state index contributed by atoms with van der Waals surface area (Å²) in [5.41, 5.74) is 0.904. The largest absolute Gasteiger partial charge is 0.311 e. The average molecular weight is 287 g/mol. The molecule has 0 saturated carbocycles. The van der Waals surface area contributed by atoms with Crippen molar-refractivity contribution in [2.45, 2.75) is 32.2 Å². The predicted octanol–water partition coefficient (Wildman–Crippen LogP) is 1.15. The van der Waals surface area contributed by atoms with Crippen LogP contribution >= 0.6 is 0 Å². The first-order chi connectivity index (χ1) is 10.2. The summed E-state index contributed by atoms with van der Waals surface area (Å²) in [5, 5.41) is 4.22. The number of piperidine rings is 1. The van der Waals surface area contributed by atoms with Gasteiger partial charge in [-0.1, -0.05) is 0 Å². The molecule has 0 bridgehead atoms. The molecular formula is C15H21N5O. The van der Waals surface area contributed by atoms with Gasteiger partial charge in [-0.2, -0.15) is 5.10 Å². The van der Waals surface area contributed by atoms with E-state index in [1.807, 2.05) is 30.1 Å². The standard InChI is InChI=1S/C15H21N5O/c1-12-17-14(11-15(21)18-12)13-3-7-19(8-4-13)9-10-20-6-2-5-16-20/h2,5-6,11,13H,3-4,7-10H2,1H3,(H,17,18,21). The second-order valence-electron chi connectivity index (χ2n) is 5.64.